The van der Waals surface area contributed by atoms with Crippen molar-refractivity contribution in [2.24, 2.45) is 11.7 Å². The fraction of sp³-hybridized carbons (Fsp3) is 0.385. The zero-order chi connectivity index (χ0) is 12.0. The molecule has 3 rings (SSSR count). The predicted molar refractivity (Wildman–Crippen MR) is 65.8 cm³/mol. The van der Waals surface area contributed by atoms with Crippen LogP contribution in [0.25, 0.3) is 11.0 Å². The minimum Gasteiger partial charge on any atom is -0.456 e. The Hall–Kier alpha value is -1.06. The Bertz CT molecular complexity index is 564. The Labute approximate surface area is 104 Å². The summed E-state index contributed by atoms with van der Waals surface area (Å²) >= 11 is 6.01. The molecule has 0 aliphatic heterocycles. The summed E-state index contributed by atoms with van der Waals surface area (Å²) in [5.74, 6) is 0.303. The minimum atomic E-state index is -1.54. The molecule has 0 saturated heterocycles. The molecule has 1 aromatic heterocycles. The van der Waals surface area contributed by atoms with Gasteiger partial charge in [0.2, 0.25) is 0 Å². The Balaban J connectivity index is 2.14. The van der Waals surface area contributed by atoms with Crippen molar-refractivity contribution in [2.45, 2.75) is 18.5 Å². The maximum Gasteiger partial charge on any atom is 0.183 e. The van der Waals surface area contributed by atoms with Gasteiger partial charge in [0.1, 0.15) is 5.76 Å². The van der Waals surface area contributed by atoms with E-state index >= 15 is 0 Å². The van der Waals surface area contributed by atoms with Crippen LogP contribution in [0.2, 0.25) is 5.02 Å². The molecule has 17 heavy (non-hydrogen) atoms. The zero-order valence-electron chi connectivity index (χ0n) is 9.25. The van der Waals surface area contributed by atoms with Gasteiger partial charge in [-0.05, 0) is 25.0 Å². The van der Waals surface area contributed by atoms with E-state index in [1.165, 1.54) is 0 Å². The molecule has 1 atom stereocenters. The van der Waals surface area contributed by atoms with Gasteiger partial charge in [-0.1, -0.05) is 23.7 Å². The fourth-order valence-corrected chi connectivity index (χ4v) is 2.46. The normalized spacial score (nSPS) is 19.5. The monoisotopic (exact) mass is 253 g/mol. The van der Waals surface area contributed by atoms with E-state index < -0.39 is 5.67 Å². The highest BCUT2D eigenvalue weighted by Crippen LogP contribution is 2.49. The van der Waals surface area contributed by atoms with Crippen LogP contribution in [-0.2, 0) is 5.67 Å². The number of para-hydroxylation sites is 1. The van der Waals surface area contributed by atoms with Gasteiger partial charge >= 0.3 is 0 Å². The number of nitrogens with two attached hydrogens (primary N) is 1. The Morgan fingerprint density at radius 2 is 2.24 bits per heavy atom. The molecule has 0 radical (unpaired) electrons. The maximum absolute atomic E-state index is 14.7. The van der Waals surface area contributed by atoms with Crippen molar-refractivity contribution >= 4 is 22.6 Å². The van der Waals surface area contributed by atoms with E-state index in [4.69, 9.17) is 21.8 Å². The standard InChI is InChI=1S/C13H13ClFNO/c14-10-3-1-2-8-6-11(17-12(8)10)13(15,7-16)9-4-5-9/h1-3,6,9H,4-5,7,16H2. The summed E-state index contributed by atoms with van der Waals surface area (Å²) in [4.78, 5) is 0. The Morgan fingerprint density at radius 1 is 1.47 bits per heavy atom. The highest BCUT2D eigenvalue weighted by atomic mass is 35.5. The second-order valence-corrected chi connectivity index (χ2v) is 5.02. The molecule has 1 unspecified atom stereocenters. The van der Waals surface area contributed by atoms with E-state index in [-0.39, 0.29) is 12.5 Å². The van der Waals surface area contributed by atoms with Crippen molar-refractivity contribution in [1.29, 1.82) is 0 Å². The summed E-state index contributed by atoms with van der Waals surface area (Å²) < 4.78 is 20.3. The number of hydrogen-bond donors (Lipinski definition) is 1. The highest BCUT2D eigenvalue weighted by molar-refractivity contribution is 6.34. The molecular formula is C13H13ClFNO. The predicted octanol–water partition coefficient (Wildman–Crippen LogP) is 3.62. The van der Waals surface area contributed by atoms with E-state index in [1.54, 1.807) is 12.1 Å². The number of hydrogen-bond acceptors (Lipinski definition) is 2. The van der Waals surface area contributed by atoms with E-state index in [2.05, 4.69) is 0 Å². The van der Waals surface area contributed by atoms with Crippen LogP contribution in [0.5, 0.6) is 0 Å². The smallest absolute Gasteiger partial charge is 0.183 e. The van der Waals surface area contributed by atoms with Crippen LogP contribution in [0.3, 0.4) is 0 Å². The molecule has 2 aromatic rings. The van der Waals surface area contributed by atoms with Crippen LogP contribution >= 0.6 is 11.6 Å². The van der Waals surface area contributed by atoms with Gasteiger partial charge in [0.05, 0.1) is 5.02 Å². The van der Waals surface area contributed by atoms with E-state index in [9.17, 15) is 4.39 Å². The molecule has 0 spiro atoms. The molecule has 4 heteroatoms. The van der Waals surface area contributed by atoms with E-state index in [0.29, 0.717) is 16.4 Å². The summed E-state index contributed by atoms with van der Waals surface area (Å²) in [6.07, 6.45) is 1.75. The molecule has 1 aromatic carbocycles. The molecule has 1 aliphatic carbocycles. The lowest BCUT2D eigenvalue weighted by molar-refractivity contribution is 0.113. The number of alkyl halides is 1. The van der Waals surface area contributed by atoms with Crippen LogP contribution in [0, 0.1) is 5.92 Å². The number of benzene rings is 1. The molecule has 90 valence electrons. The lowest BCUT2D eigenvalue weighted by Crippen LogP contribution is -2.32. The molecular weight excluding hydrogens is 241 g/mol. The summed E-state index contributed by atoms with van der Waals surface area (Å²) in [6, 6.07) is 7.13. The quantitative estimate of drug-likeness (QED) is 0.907. The lowest BCUT2D eigenvalue weighted by atomic mass is 9.97. The molecule has 1 aliphatic rings. The fourth-order valence-electron chi connectivity index (χ4n) is 2.24. The third-order valence-corrected chi connectivity index (χ3v) is 3.72. The zero-order valence-corrected chi connectivity index (χ0v) is 10.0. The van der Waals surface area contributed by atoms with Crippen molar-refractivity contribution < 1.29 is 8.81 Å². The molecule has 0 bridgehead atoms. The van der Waals surface area contributed by atoms with Crippen LogP contribution in [0.4, 0.5) is 4.39 Å². The Kier molecular flexibility index (Phi) is 2.42. The summed E-state index contributed by atoms with van der Waals surface area (Å²) in [5, 5.41) is 1.33. The first kappa shape index (κ1) is 11.1. The second-order valence-electron chi connectivity index (χ2n) is 4.61. The summed E-state index contributed by atoms with van der Waals surface area (Å²) in [6.45, 7) is -0.0465. The van der Waals surface area contributed by atoms with Gasteiger partial charge in [-0.3, -0.25) is 0 Å². The van der Waals surface area contributed by atoms with Crippen molar-refractivity contribution in [2.75, 3.05) is 6.54 Å². The highest BCUT2D eigenvalue weighted by Gasteiger charge is 2.48. The first-order valence-electron chi connectivity index (χ1n) is 5.72. The largest absolute Gasteiger partial charge is 0.456 e. The molecule has 2 nitrogen and oxygen atoms in total. The third-order valence-electron chi connectivity index (χ3n) is 3.43. The van der Waals surface area contributed by atoms with Gasteiger partial charge < -0.3 is 10.2 Å². The van der Waals surface area contributed by atoms with Gasteiger partial charge in [-0.2, -0.15) is 0 Å². The SMILES string of the molecule is NCC(F)(c1cc2cccc(Cl)c2o1)C1CC1. The first-order valence-corrected chi connectivity index (χ1v) is 6.10. The van der Waals surface area contributed by atoms with E-state index in [1.807, 2.05) is 12.1 Å². The van der Waals surface area contributed by atoms with Crippen molar-refractivity contribution in [3.05, 3.63) is 35.0 Å². The number of furan rings is 1. The molecule has 2 N–H and O–H groups in total. The van der Waals surface area contributed by atoms with Crippen LogP contribution in [0.1, 0.15) is 18.6 Å². The van der Waals surface area contributed by atoms with E-state index in [0.717, 1.165) is 18.2 Å². The van der Waals surface area contributed by atoms with Gasteiger partial charge in [-0.25, -0.2) is 4.39 Å². The first-order chi connectivity index (χ1) is 8.15. The molecule has 1 saturated carbocycles. The minimum absolute atomic E-state index is 0.00756. The number of halogens is 2. The van der Waals surface area contributed by atoms with Crippen LogP contribution in [0.15, 0.2) is 28.7 Å². The van der Waals surface area contributed by atoms with Gasteiger partial charge in [0.25, 0.3) is 0 Å². The third kappa shape index (κ3) is 1.65. The Morgan fingerprint density at radius 3 is 2.82 bits per heavy atom. The van der Waals surface area contributed by atoms with Gasteiger partial charge in [0.15, 0.2) is 11.3 Å². The molecule has 1 heterocycles. The van der Waals surface area contributed by atoms with Crippen molar-refractivity contribution in [1.82, 2.24) is 0 Å². The van der Waals surface area contributed by atoms with Crippen molar-refractivity contribution in [3.63, 3.8) is 0 Å². The average molecular weight is 254 g/mol. The van der Waals surface area contributed by atoms with Crippen LogP contribution < -0.4 is 5.73 Å². The average Bonchev–Trinajstić information content (AvgIpc) is 3.08. The molecule has 1 fully saturated rings. The van der Waals surface area contributed by atoms with Crippen molar-refractivity contribution in [3.8, 4) is 0 Å². The number of fused-ring (bicyclic) bond motifs is 1. The second kappa shape index (κ2) is 3.72. The lowest BCUT2D eigenvalue weighted by Gasteiger charge is -2.20. The number of rotatable bonds is 3. The summed E-state index contributed by atoms with van der Waals surface area (Å²) in [5.41, 5.74) is 4.57. The maximum atomic E-state index is 14.7. The van der Waals surface area contributed by atoms with Gasteiger partial charge in [-0.15, -0.1) is 0 Å². The molecule has 0 amide bonds. The van der Waals surface area contributed by atoms with Gasteiger partial charge in [0, 0.05) is 17.8 Å². The summed E-state index contributed by atoms with van der Waals surface area (Å²) in [7, 11) is 0. The van der Waals surface area contributed by atoms with Crippen LogP contribution in [-0.4, -0.2) is 6.54 Å². The topological polar surface area (TPSA) is 39.2 Å².